The number of hydrogen-bond acceptors (Lipinski definition) is 8. The highest BCUT2D eigenvalue weighted by Gasteiger charge is 2.29. The molecule has 0 fully saturated rings. The third-order valence-electron chi connectivity index (χ3n) is 5.94. The largest absolute Gasteiger partial charge is 0.448 e. The van der Waals surface area contributed by atoms with Crippen LogP contribution in [0.4, 0.5) is 4.79 Å². The number of aliphatic hydroxyl groups is 1. The maximum Gasteiger partial charge on any atom is 0.409 e. The lowest BCUT2D eigenvalue weighted by atomic mass is 9.98. The molecular formula is C28H39NO8. The highest BCUT2D eigenvalue weighted by atomic mass is 16.6. The molecule has 0 atom stereocenters. The molecule has 0 radical (unpaired) electrons. The van der Waals surface area contributed by atoms with Crippen LogP contribution >= 0.6 is 0 Å². The van der Waals surface area contributed by atoms with Gasteiger partial charge >= 0.3 is 6.09 Å². The van der Waals surface area contributed by atoms with E-state index in [1.54, 1.807) is 7.05 Å². The van der Waals surface area contributed by atoms with Crippen molar-refractivity contribution in [3.63, 3.8) is 0 Å². The SMILES string of the molecule is CN(CCOCCOCCOCCOCCOCCO)C(=O)OCC1c2ccccc2-c2ccccc21. The highest BCUT2D eigenvalue weighted by molar-refractivity contribution is 5.79. The molecule has 0 bridgehead atoms. The summed E-state index contributed by atoms with van der Waals surface area (Å²) < 4.78 is 32.5. The van der Waals surface area contributed by atoms with Gasteiger partial charge in [0.2, 0.25) is 0 Å². The number of carbonyl (C=O) groups is 1. The Kier molecular flexibility index (Phi) is 13.4. The zero-order valence-corrected chi connectivity index (χ0v) is 21.6. The van der Waals surface area contributed by atoms with Gasteiger partial charge in [0, 0.05) is 19.5 Å². The number of aliphatic hydroxyl groups excluding tert-OH is 1. The summed E-state index contributed by atoms with van der Waals surface area (Å²) in [6, 6.07) is 16.6. The van der Waals surface area contributed by atoms with Crippen molar-refractivity contribution in [3.8, 4) is 11.1 Å². The Balaban J connectivity index is 1.18. The van der Waals surface area contributed by atoms with Crippen molar-refractivity contribution in [1.29, 1.82) is 0 Å². The van der Waals surface area contributed by atoms with E-state index in [9.17, 15) is 4.79 Å². The van der Waals surface area contributed by atoms with Gasteiger partial charge in [-0.15, -0.1) is 0 Å². The molecular weight excluding hydrogens is 478 g/mol. The van der Waals surface area contributed by atoms with Crippen molar-refractivity contribution < 1.29 is 38.3 Å². The van der Waals surface area contributed by atoms with E-state index in [1.165, 1.54) is 27.2 Å². The Morgan fingerprint density at radius 3 is 1.62 bits per heavy atom. The van der Waals surface area contributed by atoms with Crippen LogP contribution in [0.15, 0.2) is 48.5 Å². The van der Waals surface area contributed by atoms with Gasteiger partial charge in [0.15, 0.2) is 0 Å². The molecule has 2 aromatic rings. The number of likely N-dealkylation sites (N-methyl/N-ethyl adjacent to an activating group) is 1. The molecule has 0 saturated carbocycles. The number of rotatable bonds is 19. The van der Waals surface area contributed by atoms with Crippen molar-refractivity contribution in [1.82, 2.24) is 4.90 Å². The molecule has 0 spiro atoms. The summed E-state index contributed by atoms with van der Waals surface area (Å²) in [5, 5.41) is 8.58. The molecule has 2 aromatic carbocycles. The van der Waals surface area contributed by atoms with E-state index in [1.807, 2.05) is 24.3 Å². The fourth-order valence-corrected chi connectivity index (χ4v) is 4.04. The van der Waals surface area contributed by atoms with Crippen LogP contribution < -0.4 is 0 Å². The molecule has 0 saturated heterocycles. The molecule has 9 nitrogen and oxygen atoms in total. The number of amides is 1. The minimum absolute atomic E-state index is 0.0203. The summed E-state index contributed by atoms with van der Waals surface area (Å²) >= 11 is 0. The fraction of sp³-hybridized carbons (Fsp3) is 0.536. The van der Waals surface area contributed by atoms with Crippen LogP contribution in [0.5, 0.6) is 0 Å². The minimum atomic E-state index is -0.361. The molecule has 1 amide bonds. The van der Waals surface area contributed by atoms with Gasteiger partial charge in [0.25, 0.3) is 0 Å². The third-order valence-corrected chi connectivity index (χ3v) is 5.94. The van der Waals surface area contributed by atoms with Gasteiger partial charge in [0.05, 0.1) is 72.7 Å². The summed E-state index contributed by atoms with van der Waals surface area (Å²) in [5.74, 6) is 0.0478. The summed E-state index contributed by atoms with van der Waals surface area (Å²) in [7, 11) is 1.71. The maximum atomic E-state index is 12.5. The lowest BCUT2D eigenvalue weighted by molar-refractivity contribution is -0.0140. The molecule has 1 aliphatic carbocycles. The van der Waals surface area contributed by atoms with Crippen molar-refractivity contribution in [2.75, 3.05) is 92.9 Å². The van der Waals surface area contributed by atoms with E-state index in [4.69, 9.17) is 33.5 Å². The van der Waals surface area contributed by atoms with Gasteiger partial charge in [-0.05, 0) is 22.3 Å². The number of hydrogen-bond donors (Lipinski definition) is 1. The first-order valence-corrected chi connectivity index (χ1v) is 12.8. The van der Waals surface area contributed by atoms with Crippen LogP contribution in [0.25, 0.3) is 11.1 Å². The maximum absolute atomic E-state index is 12.5. The van der Waals surface area contributed by atoms with E-state index < -0.39 is 0 Å². The summed E-state index contributed by atoms with van der Waals surface area (Å²) in [5.41, 5.74) is 4.81. The zero-order chi connectivity index (χ0) is 26.1. The molecule has 3 rings (SSSR count). The number of nitrogens with zero attached hydrogens (tertiary/aromatic N) is 1. The fourth-order valence-electron chi connectivity index (χ4n) is 4.04. The molecule has 1 aliphatic rings. The van der Waals surface area contributed by atoms with Crippen LogP contribution in [0, 0.1) is 0 Å². The molecule has 0 aromatic heterocycles. The number of benzene rings is 2. The van der Waals surface area contributed by atoms with Gasteiger partial charge < -0.3 is 38.4 Å². The van der Waals surface area contributed by atoms with Crippen molar-refractivity contribution in [2.45, 2.75) is 5.92 Å². The number of carbonyl (C=O) groups excluding carboxylic acids is 1. The molecule has 1 N–H and O–H groups in total. The van der Waals surface area contributed by atoms with Crippen LogP contribution in [0.1, 0.15) is 17.0 Å². The predicted molar refractivity (Wildman–Crippen MR) is 139 cm³/mol. The van der Waals surface area contributed by atoms with Gasteiger partial charge in [-0.2, -0.15) is 0 Å². The highest BCUT2D eigenvalue weighted by Crippen LogP contribution is 2.44. The smallest absolute Gasteiger partial charge is 0.409 e. The quantitative estimate of drug-likeness (QED) is 0.284. The summed E-state index contributed by atoms with van der Waals surface area (Å²) in [6.07, 6.45) is -0.361. The zero-order valence-electron chi connectivity index (χ0n) is 21.6. The Morgan fingerprint density at radius 2 is 1.14 bits per heavy atom. The van der Waals surface area contributed by atoms with Crippen molar-refractivity contribution in [2.24, 2.45) is 0 Å². The normalized spacial score (nSPS) is 12.4. The molecule has 0 heterocycles. The second-order valence-corrected chi connectivity index (χ2v) is 8.51. The lowest BCUT2D eigenvalue weighted by Gasteiger charge is -2.19. The molecule has 37 heavy (non-hydrogen) atoms. The molecule has 204 valence electrons. The minimum Gasteiger partial charge on any atom is -0.448 e. The monoisotopic (exact) mass is 517 g/mol. The van der Waals surface area contributed by atoms with Crippen LogP contribution in [-0.2, 0) is 28.4 Å². The summed E-state index contributed by atoms with van der Waals surface area (Å²) in [6.45, 7) is 5.26. The first kappa shape index (κ1) is 29.0. The Hall–Kier alpha value is -2.53. The van der Waals surface area contributed by atoms with Crippen LogP contribution in [0.2, 0.25) is 0 Å². The van der Waals surface area contributed by atoms with E-state index in [0.717, 1.165) is 0 Å². The Labute approximate surface area is 219 Å². The summed E-state index contributed by atoms with van der Waals surface area (Å²) in [4.78, 5) is 14.0. The predicted octanol–water partition coefficient (Wildman–Crippen LogP) is 2.94. The topological polar surface area (TPSA) is 95.9 Å². The average molecular weight is 518 g/mol. The van der Waals surface area contributed by atoms with E-state index in [-0.39, 0.29) is 18.6 Å². The molecule has 0 unspecified atom stereocenters. The third kappa shape index (κ3) is 9.70. The number of fused-ring (bicyclic) bond motifs is 3. The van der Waals surface area contributed by atoms with Crippen LogP contribution in [-0.4, -0.2) is 109 Å². The Bertz CT molecular complexity index is 879. The van der Waals surface area contributed by atoms with Crippen molar-refractivity contribution in [3.05, 3.63) is 59.7 Å². The average Bonchev–Trinajstić information content (AvgIpc) is 3.25. The van der Waals surface area contributed by atoms with Crippen molar-refractivity contribution >= 4 is 6.09 Å². The first-order chi connectivity index (χ1) is 18.2. The molecule has 9 heteroatoms. The number of ether oxygens (including phenoxy) is 6. The second kappa shape index (κ2) is 17.1. The van der Waals surface area contributed by atoms with Gasteiger partial charge in [-0.1, -0.05) is 48.5 Å². The standard InChI is InChI=1S/C28H39NO8/c1-29(10-12-32-14-16-34-18-20-36-21-19-35-17-15-33-13-11-30)28(31)37-22-27-25-8-4-2-6-23(25)24-7-3-5-9-26(24)27/h2-9,27,30H,10-22H2,1H3. The first-order valence-electron chi connectivity index (χ1n) is 12.8. The van der Waals surface area contributed by atoms with E-state index in [0.29, 0.717) is 79.2 Å². The van der Waals surface area contributed by atoms with Crippen LogP contribution in [0.3, 0.4) is 0 Å². The second-order valence-electron chi connectivity index (χ2n) is 8.51. The van der Waals surface area contributed by atoms with Gasteiger partial charge in [-0.3, -0.25) is 0 Å². The van der Waals surface area contributed by atoms with E-state index in [2.05, 4.69) is 24.3 Å². The van der Waals surface area contributed by atoms with Gasteiger partial charge in [0.1, 0.15) is 6.61 Å². The van der Waals surface area contributed by atoms with Gasteiger partial charge in [-0.25, -0.2) is 4.79 Å². The molecule has 0 aliphatic heterocycles. The Morgan fingerprint density at radius 1 is 0.703 bits per heavy atom. The lowest BCUT2D eigenvalue weighted by Crippen LogP contribution is -2.32. The van der Waals surface area contributed by atoms with E-state index >= 15 is 0 Å².